The Kier molecular flexibility index (Phi) is 3.76. The van der Waals surface area contributed by atoms with Crippen LogP contribution in [-0.2, 0) is 9.84 Å². The van der Waals surface area contributed by atoms with Crippen LogP contribution in [0.3, 0.4) is 0 Å². The summed E-state index contributed by atoms with van der Waals surface area (Å²) in [6, 6.07) is 3.01. The van der Waals surface area contributed by atoms with E-state index in [-0.39, 0.29) is 35.7 Å². The first-order valence-electron chi connectivity index (χ1n) is 5.83. The molecule has 1 amide bonds. The molecule has 0 aliphatic carbocycles. The molecular formula is C12H12FNO5S. The summed E-state index contributed by atoms with van der Waals surface area (Å²) in [5.41, 5.74) is -0.505. The average Bonchev–Trinajstić information content (AvgIpc) is 2.37. The first-order chi connectivity index (χ1) is 9.30. The lowest BCUT2D eigenvalue weighted by atomic mass is 10.1. The lowest BCUT2D eigenvalue weighted by molar-refractivity contribution is 0.0693. The lowest BCUT2D eigenvalue weighted by Gasteiger charge is -2.26. The van der Waals surface area contributed by atoms with Crippen molar-refractivity contribution in [2.45, 2.75) is 0 Å². The summed E-state index contributed by atoms with van der Waals surface area (Å²) in [6.07, 6.45) is 0. The summed E-state index contributed by atoms with van der Waals surface area (Å²) in [5.74, 6) is -3.13. The average molecular weight is 301 g/mol. The molecule has 20 heavy (non-hydrogen) atoms. The number of carboxylic acid groups (broad SMARTS) is 1. The minimum absolute atomic E-state index is 0.0152. The Bertz CT molecular complexity index is 656. The van der Waals surface area contributed by atoms with Gasteiger partial charge in [-0.1, -0.05) is 0 Å². The van der Waals surface area contributed by atoms with E-state index < -0.39 is 27.5 Å². The molecule has 6 nitrogen and oxygen atoms in total. The number of halogens is 1. The summed E-state index contributed by atoms with van der Waals surface area (Å²) in [4.78, 5) is 24.0. The molecule has 0 spiro atoms. The van der Waals surface area contributed by atoms with Gasteiger partial charge >= 0.3 is 5.97 Å². The summed E-state index contributed by atoms with van der Waals surface area (Å²) in [6.45, 7) is 0.0303. The number of carbonyl (C=O) groups excluding carboxylic acids is 1. The topological polar surface area (TPSA) is 91.8 Å². The van der Waals surface area contributed by atoms with E-state index in [1.165, 1.54) is 4.90 Å². The lowest BCUT2D eigenvalue weighted by Crippen LogP contribution is -2.44. The highest BCUT2D eigenvalue weighted by atomic mass is 32.2. The number of sulfone groups is 1. The minimum Gasteiger partial charge on any atom is -0.478 e. The maximum atomic E-state index is 13.7. The van der Waals surface area contributed by atoms with E-state index in [0.717, 1.165) is 18.2 Å². The van der Waals surface area contributed by atoms with Gasteiger partial charge in [0.2, 0.25) is 0 Å². The predicted molar refractivity (Wildman–Crippen MR) is 67.9 cm³/mol. The Hall–Kier alpha value is -1.96. The van der Waals surface area contributed by atoms with Crippen molar-refractivity contribution in [2.24, 2.45) is 0 Å². The smallest absolute Gasteiger partial charge is 0.335 e. The molecule has 1 N–H and O–H groups in total. The van der Waals surface area contributed by atoms with Crippen molar-refractivity contribution in [3.8, 4) is 0 Å². The van der Waals surface area contributed by atoms with Crippen LogP contribution in [-0.4, -0.2) is 54.9 Å². The van der Waals surface area contributed by atoms with Gasteiger partial charge in [-0.3, -0.25) is 4.79 Å². The fourth-order valence-electron chi connectivity index (χ4n) is 1.91. The third-order valence-electron chi connectivity index (χ3n) is 3.08. The third-order valence-corrected chi connectivity index (χ3v) is 4.69. The van der Waals surface area contributed by atoms with Crippen molar-refractivity contribution < 1.29 is 27.5 Å². The molecule has 108 valence electrons. The van der Waals surface area contributed by atoms with Crippen LogP contribution in [0.5, 0.6) is 0 Å². The molecule has 2 rings (SSSR count). The largest absolute Gasteiger partial charge is 0.478 e. The van der Waals surface area contributed by atoms with Gasteiger partial charge in [-0.05, 0) is 18.2 Å². The van der Waals surface area contributed by atoms with E-state index in [1.807, 2.05) is 0 Å². The van der Waals surface area contributed by atoms with Gasteiger partial charge in [0.1, 0.15) is 5.82 Å². The predicted octanol–water partition coefficient (Wildman–Crippen LogP) is 0.394. The van der Waals surface area contributed by atoms with Crippen molar-refractivity contribution >= 4 is 21.7 Å². The maximum Gasteiger partial charge on any atom is 0.335 e. The number of hydrogen-bond acceptors (Lipinski definition) is 4. The van der Waals surface area contributed by atoms with E-state index in [2.05, 4.69) is 0 Å². The molecular weight excluding hydrogens is 289 g/mol. The van der Waals surface area contributed by atoms with Crippen LogP contribution in [0.2, 0.25) is 0 Å². The standard InChI is InChI=1S/C12H12FNO5S/c13-10-7-8(12(16)17)1-2-9(10)11(15)14-3-5-20(18,19)6-4-14/h1-2,7H,3-6H2,(H,16,17). The molecule has 1 saturated heterocycles. The van der Waals surface area contributed by atoms with Crippen LogP contribution in [0.25, 0.3) is 0 Å². The normalized spacial score (nSPS) is 17.8. The Labute approximate surface area is 114 Å². The Morgan fingerprint density at radius 1 is 1.20 bits per heavy atom. The molecule has 0 radical (unpaired) electrons. The van der Waals surface area contributed by atoms with E-state index in [4.69, 9.17) is 5.11 Å². The van der Waals surface area contributed by atoms with Gasteiger partial charge in [0.15, 0.2) is 9.84 Å². The van der Waals surface area contributed by atoms with Crippen LogP contribution in [0.4, 0.5) is 4.39 Å². The summed E-state index contributed by atoms with van der Waals surface area (Å²) < 4.78 is 36.3. The minimum atomic E-state index is -3.12. The number of amides is 1. The van der Waals surface area contributed by atoms with Gasteiger partial charge < -0.3 is 10.0 Å². The first kappa shape index (κ1) is 14.4. The number of carboxylic acids is 1. The number of aromatic carboxylic acids is 1. The van der Waals surface area contributed by atoms with Crippen LogP contribution in [0, 0.1) is 5.82 Å². The van der Waals surface area contributed by atoms with Gasteiger partial charge in [0, 0.05) is 13.1 Å². The van der Waals surface area contributed by atoms with Crippen molar-refractivity contribution in [1.82, 2.24) is 4.90 Å². The van der Waals surface area contributed by atoms with Gasteiger partial charge in [0.05, 0.1) is 22.6 Å². The molecule has 1 aromatic rings. The highest BCUT2D eigenvalue weighted by Crippen LogP contribution is 2.15. The molecule has 8 heteroatoms. The zero-order valence-electron chi connectivity index (χ0n) is 10.4. The number of hydrogen-bond donors (Lipinski definition) is 1. The molecule has 0 unspecified atom stereocenters. The molecule has 1 aliphatic rings. The van der Waals surface area contributed by atoms with Crippen LogP contribution in [0.1, 0.15) is 20.7 Å². The van der Waals surface area contributed by atoms with Crippen LogP contribution >= 0.6 is 0 Å². The molecule has 1 fully saturated rings. The van der Waals surface area contributed by atoms with Gasteiger partial charge in [0.25, 0.3) is 5.91 Å². The van der Waals surface area contributed by atoms with E-state index in [1.54, 1.807) is 0 Å². The van der Waals surface area contributed by atoms with Crippen molar-refractivity contribution in [3.63, 3.8) is 0 Å². The summed E-state index contributed by atoms with van der Waals surface area (Å²) in [5, 5.41) is 8.72. The second-order valence-electron chi connectivity index (χ2n) is 4.44. The zero-order valence-corrected chi connectivity index (χ0v) is 11.2. The van der Waals surface area contributed by atoms with E-state index in [9.17, 15) is 22.4 Å². The molecule has 1 heterocycles. The Morgan fingerprint density at radius 2 is 1.80 bits per heavy atom. The zero-order chi connectivity index (χ0) is 14.9. The highest BCUT2D eigenvalue weighted by molar-refractivity contribution is 7.91. The Balaban J connectivity index is 2.20. The SMILES string of the molecule is O=C(O)c1ccc(C(=O)N2CCS(=O)(=O)CC2)c(F)c1. The molecule has 1 aliphatic heterocycles. The fourth-order valence-corrected chi connectivity index (χ4v) is 3.11. The summed E-state index contributed by atoms with van der Waals surface area (Å²) >= 11 is 0. The molecule has 0 bridgehead atoms. The van der Waals surface area contributed by atoms with Crippen LogP contribution in [0.15, 0.2) is 18.2 Å². The van der Waals surface area contributed by atoms with E-state index >= 15 is 0 Å². The quantitative estimate of drug-likeness (QED) is 0.853. The summed E-state index contributed by atoms with van der Waals surface area (Å²) in [7, 11) is -3.12. The highest BCUT2D eigenvalue weighted by Gasteiger charge is 2.27. The number of carbonyl (C=O) groups is 2. The molecule has 1 aromatic carbocycles. The second kappa shape index (κ2) is 5.20. The monoisotopic (exact) mass is 301 g/mol. The maximum absolute atomic E-state index is 13.7. The van der Waals surface area contributed by atoms with Gasteiger partial charge in [-0.15, -0.1) is 0 Å². The first-order valence-corrected chi connectivity index (χ1v) is 7.65. The van der Waals surface area contributed by atoms with Crippen molar-refractivity contribution in [3.05, 3.63) is 35.1 Å². The van der Waals surface area contributed by atoms with Crippen molar-refractivity contribution in [2.75, 3.05) is 24.6 Å². The number of nitrogens with zero attached hydrogens (tertiary/aromatic N) is 1. The van der Waals surface area contributed by atoms with Crippen molar-refractivity contribution in [1.29, 1.82) is 0 Å². The van der Waals surface area contributed by atoms with E-state index in [0.29, 0.717) is 0 Å². The van der Waals surface area contributed by atoms with Gasteiger partial charge in [-0.2, -0.15) is 0 Å². The second-order valence-corrected chi connectivity index (χ2v) is 6.75. The number of benzene rings is 1. The fraction of sp³-hybridized carbons (Fsp3) is 0.333. The molecule has 0 aromatic heterocycles. The third kappa shape index (κ3) is 2.96. The number of rotatable bonds is 2. The Morgan fingerprint density at radius 3 is 2.30 bits per heavy atom. The van der Waals surface area contributed by atoms with Gasteiger partial charge in [-0.25, -0.2) is 17.6 Å². The van der Waals surface area contributed by atoms with Crippen LogP contribution < -0.4 is 0 Å². The molecule has 0 saturated carbocycles. The molecule has 0 atom stereocenters.